The van der Waals surface area contributed by atoms with E-state index in [2.05, 4.69) is 4.98 Å². The first-order valence-electron chi connectivity index (χ1n) is 5.37. The summed E-state index contributed by atoms with van der Waals surface area (Å²) in [6, 6.07) is 0. The first kappa shape index (κ1) is 12.0. The topological polar surface area (TPSA) is 105 Å². The van der Waals surface area contributed by atoms with Crippen LogP contribution in [0.4, 0.5) is 0 Å². The number of H-pyrrole nitrogens is 1. The zero-order chi connectivity index (χ0) is 12.4. The zero-order valence-corrected chi connectivity index (χ0v) is 9.13. The molecule has 1 aromatic heterocycles. The fraction of sp³-hybridized carbons (Fsp3) is 0.600. The van der Waals surface area contributed by atoms with Gasteiger partial charge >= 0.3 is 5.69 Å². The van der Waals surface area contributed by atoms with Gasteiger partial charge in [0.1, 0.15) is 6.23 Å². The Morgan fingerprint density at radius 2 is 2.18 bits per heavy atom. The molecule has 0 spiro atoms. The summed E-state index contributed by atoms with van der Waals surface area (Å²) < 4.78 is 6.66. The fourth-order valence-electron chi connectivity index (χ4n) is 1.88. The Hall–Kier alpha value is -1.44. The van der Waals surface area contributed by atoms with Crippen LogP contribution in [0.15, 0.2) is 15.8 Å². The highest BCUT2D eigenvalue weighted by Gasteiger charge is 2.26. The van der Waals surface area contributed by atoms with Crippen molar-refractivity contribution in [1.82, 2.24) is 9.55 Å². The Kier molecular flexibility index (Phi) is 3.41. The van der Waals surface area contributed by atoms with Gasteiger partial charge in [0.25, 0.3) is 5.56 Å². The summed E-state index contributed by atoms with van der Waals surface area (Å²) in [5, 5.41) is 17.9. The number of aromatic amines is 1. The van der Waals surface area contributed by atoms with Crippen molar-refractivity contribution in [3.05, 3.63) is 32.6 Å². The summed E-state index contributed by atoms with van der Waals surface area (Å²) in [5.41, 5.74) is -1.05. The van der Waals surface area contributed by atoms with Gasteiger partial charge in [-0.1, -0.05) is 0 Å². The second kappa shape index (κ2) is 4.82. The molecule has 0 bridgehead atoms. The monoisotopic (exact) mass is 242 g/mol. The van der Waals surface area contributed by atoms with Crippen LogP contribution in [0.1, 0.15) is 24.6 Å². The van der Waals surface area contributed by atoms with E-state index in [9.17, 15) is 9.59 Å². The van der Waals surface area contributed by atoms with E-state index < -0.39 is 24.1 Å². The highest BCUT2D eigenvalue weighted by Crippen LogP contribution is 2.26. The molecule has 1 aromatic rings. The molecule has 94 valence electrons. The van der Waals surface area contributed by atoms with E-state index in [1.807, 2.05) is 0 Å². The molecular formula is C10H14N2O5. The van der Waals surface area contributed by atoms with Crippen molar-refractivity contribution in [2.24, 2.45) is 0 Å². The number of nitrogens with one attached hydrogen (secondary N) is 1. The van der Waals surface area contributed by atoms with E-state index >= 15 is 0 Å². The molecule has 2 heterocycles. The average molecular weight is 242 g/mol. The van der Waals surface area contributed by atoms with Gasteiger partial charge < -0.3 is 14.9 Å². The SMILES string of the molecule is O=c1[nH]c(=O)n([C@@H]2CC[C@@H](CO)O2)cc1CO. The van der Waals surface area contributed by atoms with Gasteiger partial charge in [0.05, 0.1) is 24.9 Å². The summed E-state index contributed by atoms with van der Waals surface area (Å²) in [7, 11) is 0. The third kappa shape index (κ3) is 2.31. The van der Waals surface area contributed by atoms with Gasteiger partial charge in [0, 0.05) is 6.20 Å². The summed E-state index contributed by atoms with van der Waals surface area (Å²) in [4.78, 5) is 24.9. The molecule has 7 nitrogen and oxygen atoms in total. The number of aliphatic hydroxyl groups excluding tert-OH is 2. The van der Waals surface area contributed by atoms with Crippen molar-refractivity contribution in [3.8, 4) is 0 Å². The van der Waals surface area contributed by atoms with Crippen molar-refractivity contribution < 1.29 is 14.9 Å². The van der Waals surface area contributed by atoms with E-state index in [0.717, 1.165) is 0 Å². The van der Waals surface area contributed by atoms with Gasteiger partial charge in [-0.3, -0.25) is 14.3 Å². The molecular weight excluding hydrogens is 228 g/mol. The first-order valence-corrected chi connectivity index (χ1v) is 5.37. The summed E-state index contributed by atoms with van der Waals surface area (Å²) in [6.07, 6.45) is 1.76. The Bertz CT molecular complexity index is 506. The molecule has 1 fully saturated rings. The molecule has 1 aliphatic rings. The van der Waals surface area contributed by atoms with Gasteiger partial charge in [-0.05, 0) is 12.8 Å². The van der Waals surface area contributed by atoms with Crippen LogP contribution in [-0.4, -0.2) is 32.5 Å². The van der Waals surface area contributed by atoms with E-state index in [1.165, 1.54) is 10.8 Å². The molecule has 0 amide bonds. The van der Waals surface area contributed by atoms with Crippen molar-refractivity contribution in [1.29, 1.82) is 0 Å². The van der Waals surface area contributed by atoms with Gasteiger partial charge in [0.15, 0.2) is 0 Å². The lowest BCUT2D eigenvalue weighted by molar-refractivity contribution is -0.0248. The van der Waals surface area contributed by atoms with Crippen molar-refractivity contribution in [3.63, 3.8) is 0 Å². The van der Waals surface area contributed by atoms with Gasteiger partial charge in [0.2, 0.25) is 0 Å². The number of hydrogen-bond acceptors (Lipinski definition) is 5. The molecule has 2 atom stereocenters. The fourth-order valence-corrected chi connectivity index (χ4v) is 1.88. The molecule has 0 saturated carbocycles. The molecule has 3 N–H and O–H groups in total. The molecule has 1 aliphatic heterocycles. The first-order chi connectivity index (χ1) is 8.15. The van der Waals surface area contributed by atoms with Crippen molar-refractivity contribution in [2.45, 2.75) is 31.8 Å². The largest absolute Gasteiger partial charge is 0.394 e. The lowest BCUT2D eigenvalue weighted by atomic mass is 10.2. The smallest absolute Gasteiger partial charge is 0.330 e. The molecule has 1 saturated heterocycles. The van der Waals surface area contributed by atoms with Crippen LogP contribution in [-0.2, 0) is 11.3 Å². The Balaban J connectivity index is 2.33. The maximum Gasteiger partial charge on any atom is 0.330 e. The maximum atomic E-state index is 11.6. The Labute approximate surface area is 96.3 Å². The number of rotatable bonds is 3. The lowest BCUT2D eigenvalue weighted by Gasteiger charge is -2.15. The summed E-state index contributed by atoms with van der Waals surface area (Å²) in [6.45, 7) is -0.535. The van der Waals surface area contributed by atoms with Crippen molar-refractivity contribution in [2.75, 3.05) is 6.61 Å². The van der Waals surface area contributed by atoms with Crippen LogP contribution in [0, 0.1) is 0 Å². The number of nitrogens with zero attached hydrogens (tertiary/aromatic N) is 1. The predicted molar refractivity (Wildman–Crippen MR) is 57.5 cm³/mol. The highest BCUT2D eigenvalue weighted by atomic mass is 16.5. The second-order valence-corrected chi connectivity index (χ2v) is 3.95. The molecule has 0 radical (unpaired) electrons. The van der Waals surface area contributed by atoms with Gasteiger partial charge in [-0.2, -0.15) is 0 Å². The number of hydrogen-bond donors (Lipinski definition) is 3. The van der Waals surface area contributed by atoms with Gasteiger partial charge in [-0.15, -0.1) is 0 Å². The molecule has 0 unspecified atom stereocenters. The van der Waals surface area contributed by atoms with E-state index in [0.29, 0.717) is 12.8 Å². The minimum atomic E-state index is -0.592. The highest BCUT2D eigenvalue weighted by molar-refractivity contribution is 5.03. The zero-order valence-electron chi connectivity index (χ0n) is 9.13. The molecule has 7 heteroatoms. The van der Waals surface area contributed by atoms with Crippen LogP contribution < -0.4 is 11.2 Å². The standard InChI is InChI=1S/C10H14N2O5/c13-4-6-3-12(10(16)11-9(6)15)8-2-1-7(5-14)17-8/h3,7-8,13-14H,1-2,4-5H2,(H,11,15,16)/t7-,8-/m0/s1. The second-order valence-electron chi connectivity index (χ2n) is 3.95. The number of ether oxygens (including phenoxy) is 1. The summed E-state index contributed by atoms with van der Waals surface area (Å²) in [5.74, 6) is 0. The van der Waals surface area contributed by atoms with E-state index in [-0.39, 0.29) is 18.3 Å². The van der Waals surface area contributed by atoms with Crippen LogP contribution in [0.2, 0.25) is 0 Å². The summed E-state index contributed by atoms with van der Waals surface area (Å²) >= 11 is 0. The minimum absolute atomic E-state index is 0.0958. The maximum absolute atomic E-state index is 11.6. The molecule has 2 rings (SSSR count). The minimum Gasteiger partial charge on any atom is -0.394 e. The third-order valence-electron chi connectivity index (χ3n) is 2.81. The Morgan fingerprint density at radius 3 is 2.76 bits per heavy atom. The van der Waals surface area contributed by atoms with Gasteiger partial charge in [-0.25, -0.2) is 4.79 Å². The normalized spacial score (nSPS) is 24.1. The predicted octanol–water partition coefficient (Wildman–Crippen LogP) is -1.30. The van der Waals surface area contributed by atoms with Crippen LogP contribution in [0.25, 0.3) is 0 Å². The van der Waals surface area contributed by atoms with E-state index in [1.54, 1.807) is 0 Å². The lowest BCUT2D eigenvalue weighted by Crippen LogP contribution is -2.34. The van der Waals surface area contributed by atoms with Crippen molar-refractivity contribution >= 4 is 0 Å². The average Bonchev–Trinajstić information content (AvgIpc) is 2.78. The number of aliphatic hydroxyl groups is 2. The van der Waals surface area contributed by atoms with Crippen LogP contribution in [0.3, 0.4) is 0 Å². The molecule has 17 heavy (non-hydrogen) atoms. The quantitative estimate of drug-likeness (QED) is 0.611. The van der Waals surface area contributed by atoms with Crippen LogP contribution >= 0.6 is 0 Å². The number of aromatic nitrogens is 2. The molecule has 0 aliphatic carbocycles. The Morgan fingerprint density at radius 1 is 1.41 bits per heavy atom. The van der Waals surface area contributed by atoms with E-state index in [4.69, 9.17) is 14.9 Å². The van der Waals surface area contributed by atoms with Crippen LogP contribution in [0.5, 0.6) is 0 Å². The molecule has 0 aromatic carbocycles. The third-order valence-corrected chi connectivity index (χ3v) is 2.81.